The van der Waals surface area contributed by atoms with Gasteiger partial charge in [-0.15, -0.1) is 0 Å². The van der Waals surface area contributed by atoms with E-state index >= 15 is 0 Å². The third-order valence-electron chi connectivity index (χ3n) is 2.17. The molecule has 4 heteroatoms. The van der Waals surface area contributed by atoms with Crippen molar-refractivity contribution in [1.82, 2.24) is 0 Å². The lowest BCUT2D eigenvalue weighted by Crippen LogP contribution is -2.01. The molecule has 1 rings (SSSR count). The van der Waals surface area contributed by atoms with E-state index in [9.17, 15) is 4.39 Å². The van der Waals surface area contributed by atoms with Crippen LogP contribution in [0.4, 0.5) is 4.39 Å². The second kappa shape index (κ2) is 5.68. The van der Waals surface area contributed by atoms with Crippen molar-refractivity contribution in [3.63, 3.8) is 0 Å². The molecule has 15 heavy (non-hydrogen) atoms. The molecule has 0 saturated carbocycles. The molecule has 0 aliphatic rings. The predicted molar refractivity (Wildman–Crippen MR) is 54.5 cm³/mol. The summed E-state index contributed by atoms with van der Waals surface area (Å²) in [5.41, 5.74) is 1.34. The number of ether oxygens (including phenoxy) is 1. The third-order valence-corrected chi connectivity index (χ3v) is 2.17. The van der Waals surface area contributed by atoms with Gasteiger partial charge in [0.25, 0.3) is 0 Å². The molecule has 0 aliphatic heterocycles. The topological polar surface area (TPSA) is 49.7 Å². The van der Waals surface area contributed by atoms with Crippen molar-refractivity contribution in [2.75, 3.05) is 20.3 Å². The van der Waals surface area contributed by atoms with Gasteiger partial charge < -0.3 is 14.9 Å². The van der Waals surface area contributed by atoms with Crippen molar-refractivity contribution in [1.29, 1.82) is 0 Å². The van der Waals surface area contributed by atoms with Crippen LogP contribution >= 0.6 is 0 Å². The summed E-state index contributed by atoms with van der Waals surface area (Å²) >= 11 is 0. The van der Waals surface area contributed by atoms with Crippen LogP contribution in [0.15, 0.2) is 12.1 Å². The molecule has 2 N–H and O–H groups in total. The molecule has 1 aromatic rings. The first-order chi connectivity index (χ1) is 7.22. The van der Waals surface area contributed by atoms with Gasteiger partial charge in [0.2, 0.25) is 0 Å². The third kappa shape index (κ3) is 2.91. The summed E-state index contributed by atoms with van der Waals surface area (Å²) in [4.78, 5) is 0. The Morgan fingerprint density at radius 3 is 2.40 bits per heavy atom. The number of hydrogen-bond acceptors (Lipinski definition) is 3. The number of methoxy groups -OCH3 is 1. The Morgan fingerprint density at radius 1 is 1.20 bits per heavy atom. The van der Waals surface area contributed by atoms with Gasteiger partial charge in [0.05, 0.1) is 7.11 Å². The van der Waals surface area contributed by atoms with E-state index in [0.717, 1.165) is 0 Å². The fraction of sp³-hybridized carbons (Fsp3) is 0.455. The summed E-state index contributed by atoms with van der Waals surface area (Å²) in [5.74, 6) is -0.280. The normalized spacial score (nSPS) is 10.4. The van der Waals surface area contributed by atoms with Crippen molar-refractivity contribution in [3.05, 3.63) is 29.1 Å². The van der Waals surface area contributed by atoms with Gasteiger partial charge in [-0.2, -0.15) is 0 Å². The monoisotopic (exact) mass is 214 g/mol. The molecule has 0 heterocycles. The molecule has 0 aromatic heterocycles. The molecule has 0 aliphatic carbocycles. The summed E-state index contributed by atoms with van der Waals surface area (Å²) in [7, 11) is 1.39. The van der Waals surface area contributed by atoms with Crippen molar-refractivity contribution in [2.45, 2.75) is 12.8 Å². The van der Waals surface area contributed by atoms with Gasteiger partial charge >= 0.3 is 0 Å². The first-order valence-corrected chi connectivity index (χ1v) is 4.80. The fourth-order valence-electron chi connectivity index (χ4n) is 1.52. The quantitative estimate of drug-likeness (QED) is 0.765. The molecule has 0 fully saturated rings. The number of halogens is 1. The summed E-state index contributed by atoms with van der Waals surface area (Å²) in [6, 6.07) is 3.09. The van der Waals surface area contributed by atoms with E-state index in [1.807, 2.05) is 0 Å². The zero-order chi connectivity index (χ0) is 11.3. The Hall–Kier alpha value is -1.13. The molecule has 0 radical (unpaired) electrons. The van der Waals surface area contributed by atoms with Crippen LogP contribution in [-0.4, -0.2) is 30.5 Å². The van der Waals surface area contributed by atoms with Gasteiger partial charge in [0.15, 0.2) is 11.6 Å². The van der Waals surface area contributed by atoms with Crippen LogP contribution in [-0.2, 0) is 12.8 Å². The highest BCUT2D eigenvalue weighted by atomic mass is 19.1. The first kappa shape index (κ1) is 11.9. The smallest absolute Gasteiger partial charge is 0.165 e. The van der Waals surface area contributed by atoms with E-state index in [2.05, 4.69) is 0 Å². The lowest BCUT2D eigenvalue weighted by Gasteiger charge is -2.10. The van der Waals surface area contributed by atoms with E-state index in [4.69, 9.17) is 14.9 Å². The van der Waals surface area contributed by atoms with Crippen LogP contribution in [0, 0.1) is 5.82 Å². The van der Waals surface area contributed by atoms with Crippen molar-refractivity contribution < 1.29 is 19.3 Å². The Labute approximate surface area is 88.1 Å². The Bertz CT molecular complexity index is 326. The first-order valence-electron chi connectivity index (χ1n) is 4.80. The maximum atomic E-state index is 13.5. The van der Waals surface area contributed by atoms with Gasteiger partial charge in [-0.05, 0) is 30.0 Å². The average molecular weight is 214 g/mol. The lowest BCUT2D eigenvalue weighted by molar-refractivity contribution is 0.294. The second-order valence-corrected chi connectivity index (χ2v) is 3.22. The predicted octanol–water partition coefficient (Wildman–Crippen LogP) is 0.904. The maximum absolute atomic E-state index is 13.5. The van der Waals surface area contributed by atoms with Crippen LogP contribution in [0.3, 0.4) is 0 Å². The SMILES string of the molecule is COc1c(F)cc(CCO)cc1CCO. The molecule has 0 atom stereocenters. The summed E-state index contributed by atoms with van der Waals surface area (Å²) in [6.45, 7) is -0.0806. The Balaban J connectivity index is 3.07. The Morgan fingerprint density at radius 2 is 1.87 bits per heavy atom. The number of aliphatic hydroxyl groups is 2. The van der Waals surface area contributed by atoms with Crippen molar-refractivity contribution in [3.8, 4) is 5.75 Å². The highest BCUT2D eigenvalue weighted by molar-refractivity contribution is 5.39. The van der Waals surface area contributed by atoms with E-state index in [1.54, 1.807) is 6.07 Å². The summed E-state index contributed by atoms with van der Waals surface area (Å²) in [6.07, 6.45) is 0.749. The molecule has 0 saturated heterocycles. The largest absolute Gasteiger partial charge is 0.493 e. The highest BCUT2D eigenvalue weighted by Crippen LogP contribution is 2.25. The van der Waals surface area contributed by atoms with E-state index < -0.39 is 5.82 Å². The highest BCUT2D eigenvalue weighted by Gasteiger charge is 2.10. The number of aliphatic hydroxyl groups excluding tert-OH is 2. The molecule has 84 valence electrons. The molecular weight excluding hydrogens is 199 g/mol. The van der Waals surface area contributed by atoms with Crippen LogP contribution < -0.4 is 4.74 Å². The van der Waals surface area contributed by atoms with Gasteiger partial charge in [0.1, 0.15) is 0 Å². The fourth-order valence-corrected chi connectivity index (χ4v) is 1.52. The minimum Gasteiger partial charge on any atom is -0.493 e. The van der Waals surface area contributed by atoms with Crippen LogP contribution in [0.5, 0.6) is 5.75 Å². The molecule has 1 aromatic carbocycles. The van der Waals surface area contributed by atoms with Crippen LogP contribution in [0.2, 0.25) is 0 Å². The van der Waals surface area contributed by atoms with Crippen molar-refractivity contribution in [2.24, 2.45) is 0 Å². The molecular formula is C11H15FO3. The van der Waals surface area contributed by atoms with E-state index in [0.29, 0.717) is 24.0 Å². The second-order valence-electron chi connectivity index (χ2n) is 3.22. The van der Waals surface area contributed by atoms with Gasteiger partial charge in [-0.1, -0.05) is 6.07 Å². The molecule has 0 amide bonds. The minimum absolute atomic E-state index is 0.0235. The average Bonchev–Trinajstić information content (AvgIpc) is 2.18. The number of rotatable bonds is 5. The zero-order valence-corrected chi connectivity index (χ0v) is 8.66. The van der Waals surface area contributed by atoms with Gasteiger partial charge in [-0.25, -0.2) is 4.39 Å². The van der Waals surface area contributed by atoms with E-state index in [-0.39, 0.29) is 19.0 Å². The molecule has 0 unspecified atom stereocenters. The lowest BCUT2D eigenvalue weighted by atomic mass is 10.0. The van der Waals surface area contributed by atoms with Gasteiger partial charge in [-0.3, -0.25) is 0 Å². The molecule has 3 nitrogen and oxygen atoms in total. The van der Waals surface area contributed by atoms with E-state index in [1.165, 1.54) is 13.2 Å². The Kier molecular flexibility index (Phi) is 4.52. The summed E-state index contributed by atoms with van der Waals surface area (Å²) in [5, 5.41) is 17.6. The standard InChI is InChI=1S/C11H15FO3/c1-15-11-9(3-5-14)6-8(2-4-13)7-10(11)12/h6-7,13-14H,2-5H2,1H3. The number of benzene rings is 1. The van der Waals surface area contributed by atoms with Crippen LogP contribution in [0.1, 0.15) is 11.1 Å². The summed E-state index contributed by atoms with van der Waals surface area (Å²) < 4.78 is 18.4. The molecule has 0 bridgehead atoms. The minimum atomic E-state index is -0.452. The molecule has 0 spiro atoms. The van der Waals surface area contributed by atoms with Gasteiger partial charge in [0, 0.05) is 13.2 Å². The number of hydrogen-bond donors (Lipinski definition) is 2. The zero-order valence-electron chi connectivity index (χ0n) is 8.66. The maximum Gasteiger partial charge on any atom is 0.165 e. The van der Waals surface area contributed by atoms with Crippen molar-refractivity contribution >= 4 is 0 Å². The van der Waals surface area contributed by atoms with Crippen LogP contribution in [0.25, 0.3) is 0 Å².